The van der Waals surface area contributed by atoms with Crippen LogP contribution in [0.15, 0.2) is 42.6 Å². The Labute approximate surface area is 209 Å². The summed E-state index contributed by atoms with van der Waals surface area (Å²) in [5.74, 6) is -2.13. The Morgan fingerprint density at radius 3 is 2.38 bits per heavy atom. The fourth-order valence-electron chi connectivity index (χ4n) is 4.03. The van der Waals surface area contributed by atoms with Gasteiger partial charge in [-0.15, -0.1) is 0 Å². The molecule has 4 rings (SSSR count). The van der Waals surface area contributed by atoms with Crippen LogP contribution in [-0.4, -0.2) is 53.7 Å². The SMILES string of the molecule is CN(C)C(=O)CC(c1ccc(OC(F)F)c(OC(F)F)c1)n1cc2cccc(NC(=O)C3CC3)c2c1O. The van der Waals surface area contributed by atoms with Crippen LogP contribution in [0.4, 0.5) is 23.2 Å². The van der Waals surface area contributed by atoms with Crippen LogP contribution in [0.25, 0.3) is 10.8 Å². The van der Waals surface area contributed by atoms with Gasteiger partial charge in [0.15, 0.2) is 11.5 Å². The van der Waals surface area contributed by atoms with Crippen molar-refractivity contribution < 1.29 is 41.7 Å². The number of carbonyl (C=O) groups is 2. The molecule has 1 unspecified atom stereocenters. The lowest BCUT2D eigenvalue weighted by molar-refractivity contribution is -0.129. The molecule has 2 amide bonds. The third-order valence-corrected chi connectivity index (χ3v) is 6.04. The van der Waals surface area contributed by atoms with Crippen LogP contribution >= 0.6 is 0 Å². The lowest BCUT2D eigenvalue weighted by Gasteiger charge is -2.23. The number of anilines is 1. The summed E-state index contributed by atoms with van der Waals surface area (Å²) < 4.78 is 61.7. The normalized spacial score (nSPS) is 14.2. The minimum absolute atomic E-state index is 0.0767. The summed E-state index contributed by atoms with van der Waals surface area (Å²) in [5, 5.41) is 14.9. The number of aromatic hydroxyl groups is 1. The summed E-state index contributed by atoms with van der Waals surface area (Å²) >= 11 is 0. The van der Waals surface area contributed by atoms with Gasteiger partial charge in [0.2, 0.25) is 17.7 Å². The van der Waals surface area contributed by atoms with Crippen molar-refractivity contribution in [3.63, 3.8) is 0 Å². The Hall–Kier alpha value is -3.96. The maximum absolute atomic E-state index is 13.0. The average Bonchev–Trinajstić information content (AvgIpc) is 3.62. The molecule has 1 fully saturated rings. The number of nitrogens with zero attached hydrogens (tertiary/aromatic N) is 2. The Morgan fingerprint density at radius 1 is 1.08 bits per heavy atom. The molecule has 2 aromatic carbocycles. The Kier molecular flexibility index (Phi) is 7.46. The fraction of sp³-hybridized carbons (Fsp3) is 0.360. The van der Waals surface area contributed by atoms with Crippen LogP contribution < -0.4 is 14.8 Å². The summed E-state index contributed by atoms with van der Waals surface area (Å²) in [6.45, 7) is -6.60. The number of nitrogens with one attached hydrogen (secondary N) is 1. The molecule has 1 saturated carbocycles. The first-order valence-corrected chi connectivity index (χ1v) is 11.4. The largest absolute Gasteiger partial charge is 0.494 e. The summed E-state index contributed by atoms with van der Waals surface area (Å²) in [7, 11) is 3.06. The molecule has 198 valence electrons. The molecule has 1 atom stereocenters. The first kappa shape index (κ1) is 26.1. The van der Waals surface area contributed by atoms with Gasteiger partial charge >= 0.3 is 13.2 Å². The predicted molar refractivity (Wildman–Crippen MR) is 126 cm³/mol. The predicted octanol–water partition coefficient (Wildman–Crippen LogP) is 4.97. The van der Waals surface area contributed by atoms with Crippen LogP contribution in [0.1, 0.15) is 30.9 Å². The van der Waals surface area contributed by atoms with E-state index in [1.165, 1.54) is 29.6 Å². The number of aromatic nitrogens is 1. The molecule has 0 saturated heterocycles. The van der Waals surface area contributed by atoms with Gasteiger partial charge < -0.3 is 29.4 Å². The monoisotopic (exact) mass is 523 g/mol. The van der Waals surface area contributed by atoms with Crippen molar-refractivity contribution in [2.24, 2.45) is 5.92 Å². The number of carbonyl (C=O) groups excluding carboxylic acids is 2. The second kappa shape index (κ2) is 10.6. The first-order chi connectivity index (χ1) is 17.5. The van der Waals surface area contributed by atoms with Crippen molar-refractivity contribution in [1.82, 2.24) is 9.47 Å². The molecular formula is C25H25F4N3O5. The number of hydrogen-bond donors (Lipinski definition) is 2. The van der Waals surface area contributed by atoms with Crippen molar-refractivity contribution in [3.05, 3.63) is 48.2 Å². The zero-order valence-electron chi connectivity index (χ0n) is 20.0. The minimum atomic E-state index is -3.32. The molecule has 0 radical (unpaired) electrons. The quantitative estimate of drug-likeness (QED) is 0.366. The van der Waals surface area contributed by atoms with E-state index in [9.17, 15) is 32.3 Å². The second-order valence-electron chi connectivity index (χ2n) is 8.86. The van der Waals surface area contributed by atoms with Gasteiger partial charge in [0.25, 0.3) is 0 Å². The van der Waals surface area contributed by atoms with Gasteiger partial charge in [-0.05, 0) is 36.6 Å². The minimum Gasteiger partial charge on any atom is -0.494 e. The van der Waals surface area contributed by atoms with E-state index in [1.807, 2.05) is 0 Å². The highest BCUT2D eigenvalue weighted by Crippen LogP contribution is 2.41. The van der Waals surface area contributed by atoms with Gasteiger partial charge in [-0.1, -0.05) is 18.2 Å². The zero-order valence-corrected chi connectivity index (χ0v) is 20.0. The first-order valence-electron chi connectivity index (χ1n) is 11.4. The van der Waals surface area contributed by atoms with Gasteiger partial charge in [-0.25, -0.2) is 0 Å². The van der Waals surface area contributed by atoms with Crippen LogP contribution in [0.5, 0.6) is 17.4 Å². The molecule has 3 aromatic rings. The number of rotatable bonds is 10. The number of hydrogen-bond acceptors (Lipinski definition) is 5. The number of amides is 2. The number of alkyl halides is 4. The van der Waals surface area contributed by atoms with Crippen LogP contribution in [0.2, 0.25) is 0 Å². The van der Waals surface area contributed by atoms with E-state index in [-0.39, 0.29) is 35.6 Å². The lowest BCUT2D eigenvalue weighted by Crippen LogP contribution is -2.26. The van der Waals surface area contributed by atoms with Crippen LogP contribution in [-0.2, 0) is 9.59 Å². The molecule has 0 aliphatic heterocycles. The van der Waals surface area contributed by atoms with Crippen molar-refractivity contribution in [3.8, 4) is 17.4 Å². The third kappa shape index (κ3) is 5.89. The molecule has 37 heavy (non-hydrogen) atoms. The maximum Gasteiger partial charge on any atom is 0.387 e. The molecular weight excluding hydrogens is 498 g/mol. The Balaban J connectivity index is 1.81. The van der Waals surface area contributed by atoms with Crippen molar-refractivity contribution in [2.45, 2.75) is 38.5 Å². The molecule has 12 heteroatoms. The highest BCUT2D eigenvalue weighted by atomic mass is 19.3. The summed E-state index contributed by atoms with van der Waals surface area (Å²) in [5.41, 5.74) is 0.595. The number of halogens is 4. The maximum atomic E-state index is 13.0. The van der Waals surface area contributed by atoms with E-state index in [2.05, 4.69) is 14.8 Å². The van der Waals surface area contributed by atoms with Crippen LogP contribution in [0.3, 0.4) is 0 Å². The third-order valence-electron chi connectivity index (χ3n) is 6.04. The standard InChI is InChI=1S/C25H25F4N3O5/c1-31(2)20(33)11-17(14-8-9-18(36-24(26)27)19(10-14)37-25(28)29)32-12-15-4-3-5-16(21(15)23(32)35)30-22(34)13-6-7-13/h3-5,8-10,12-13,17,24-25,35H,6-7,11H2,1-2H3,(H,30,34). The zero-order chi connectivity index (χ0) is 26.9. The molecule has 0 bridgehead atoms. The number of benzene rings is 2. The van der Waals surface area contributed by atoms with Crippen molar-refractivity contribution in [2.75, 3.05) is 19.4 Å². The van der Waals surface area contributed by atoms with Gasteiger partial charge in [-0.3, -0.25) is 9.59 Å². The molecule has 1 aliphatic rings. The van der Waals surface area contributed by atoms with E-state index >= 15 is 0 Å². The molecule has 8 nitrogen and oxygen atoms in total. The van der Waals surface area contributed by atoms with E-state index in [1.54, 1.807) is 24.4 Å². The molecule has 1 aromatic heterocycles. The molecule has 2 N–H and O–H groups in total. The highest BCUT2D eigenvalue weighted by molar-refractivity contribution is 6.06. The lowest BCUT2D eigenvalue weighted by atomic mass is 10.0. The topological polar surface area (TPSA) is 93.0 Å². The summed E-state index contributed by atoms with van der Waals surface area (Å²) in [6, 6.07) is 7.51. The van der Waals surface area contributed by atoms with Crippen LogP contribution in [0, 0.1) is 5.92 Å². The number of fused-ring (bicyclic) bond motifs is 1. The molecule has 1 aliphatic carbocycles. The average molecular weight is 523 g/mol. The van der Waals surface area contributed by atoms with Gasteiger partial charge in [0.05, 0.1) is 23.5 Å². The van der Waals surface area contributed by atoms with Crippen molar-refractivity contribution >= 4 is 28.3 Å². The van der Waals surface area contributed by atoms with E-state index in [0.717, 1.165) is 25.0 Å². The van der Waals surface area contributed by atoms with Gasteiger partial charge in [0.1, 0.15) is 0 Å². The molecule has 1 heterocycles. The van der Waals surface area contributed by atoms with E-state index in [4.69, 9.17) is 0 Å². The van der Waals surface area contributed by atoms with Gasteiger partial charge in [0, 0.05) is 31.6 Å². The molecule has 0 spiro atoms. The Bertz CT molecular complexity index is 1310. The van der Waals surface area contributed by atoms with E-state index < -0.39 is 30.8 Å². The highest BCUT2D eigenvalue weighted by Gasteiger charge is 2.31. The second-order valence-corrected chi connectivity index (χ2v) is 8.86. The van der Waals surface area contributed by atoms with Gasteiger partial charge in [-0.2, -0.15) is 17.6 Å². The smallest absolute Gasteiger partial charge is 0.387 e. The Morgan fingerprint density at radius 2 is 1.76 bits per heavy atom. The fourth-order valence-corrected chi connectivity index (χ4v) is 4.03. The number of ether oxygens (including phenoxy) is 2. The van der Waals surface area contributed by atoms with Crippen molar-refractivity contribution in [1.29, 1.82) is 0 Å². The summed E-state index contributed by atoms with van der Waals surface area (Å²) in [4.78, 5) is 26.4. The summed E-state index contributed by atoms with van der Waals surface area (Å²) in [6.07, 6.45) is 2.92. The van der Waals surface area contributed by atoms with E-state index in [0.29, 0.717) is 16.5 Å².